The molecule has 0 saturated carbocycles. The fourth-order valence-electron chi connectivity index (χ4n) is 8.02. The van der Waals surface area contributed by atoms with Crippen LogP contribution in [0.4, 0.5) is 0 Å². The molecule has 294 valence electrons. The standard InChI is InChI=1S/C45H53N2O7PSi/c1-6-15-35-16-13-14-21-41(35)55(37-17-9-7-10-18-37,38-19-11-8-12-20-38)44(45(50)51)47-39(42(43(47)49)33(2)54-56(3,4)5)32-40(48)34-22-24-36(25-23-34)53-31-28-46-26-29-52-30-27-46/h6-14,16-25,33,39,42H,1,15,26-32H2,2-5H3,(H,50,51)/t33-,39-,42-/m1/s1. The Morgan fingerprint density at radius 2 is 1.50 bits per heavy atom. The Morgan fingerprint density at radius 1 is 0.911 bits per heavy atom. The number of likely N-dealkylation sites (tertiary alicyclic amines) is 1. The highest BCUT2D eigenvalue weighted by molar-refractivity contribution is 7.96. The van der Waals surface area contributed by atoms with Gasteiger partial charge < -0.3 is 23.9 Å². The van der Waals surface area contributed by atoms with Gasteiger partial charge in [0.1, 0.15) is 17.8 Å². The van der Waals surface area contributed by atoms with Crippen LogP contribution in [-0.4, -0.2) is 97.9 Å². The van der Waals surface area contributed by atoms with Crippen molar-refractivity contribution in [2.24, 2.45) is 5.92 Å². The average Bonchev–Trinajstić information content (AvgIpc) is 3.19. The summed E-state index contributed by atoms with van der Waals surface area (Å²) < 4.78 is 17.9. The van der Waals surface area contributed by atoms with E-state index < -0.39 is 39.2 Å². The van der Waals surface area contributed by atoms with Crippen LogP contribution < -0.4 is 20.7 Å². The first-order valence-corrected chi connectivity index (χ1v) is 24.5. The van der Waals surface area contributed by atoms with Crippen LogP contribution in [0.25, 0.3) is 0 Å². The normalized spacial score (nSPS) is 18.1. The predicted molar refractivity (Wildman–Crippen MR) is 228 cm³/mol. The van der Waals surface area contributed by atoms with Crippen molar-refractivity contribution < 1.29 is 33.4 Å². The number of aliphatic carboxylic acids is 1. The quantitative estimate of drug-likeness (QED) is 0.0459. The van der Waals surface area contributed by atoms with Crippen molar-refractivity contribution in [2.75, 3.05) is 39.5 Å². The van der Waals surface area contributed by atoms with Crippen molar-refractivity contribution in [3.8, 4) is 5.75 Å². The summed E-state index contributed by atoms with van der Waals surface area (Å²) in [7, 11) is -2.14. The molecule has 3 atom stereocenters. The van der Waals surface area contributed by atoms with Crippen LogP contribution in [0.3, 0.4) is 0 Å². The van der Waals surface area contributed by atoms with Crippen molar-refractivity contribution in [3.63, 3.8) is 0 Å². The molecule has 0 spiro atoms. The second-order valence-electron chi connectivity index (χ2n) is 15.3. The maximum atomic E-state index is 14.8. The zero-order valence-electron chi connectivity index (χ0n) is 32.8. The number of carboxylic acid groups (broad SMARTS) is 1. The first kappa shape index (κ1) is 41.1. The van der Waals surface area contributed by atoms with E-state index in [-0.39, 0.29) is 23.5 Å². The number of ketones is 1. The number of carbonyl (C=O) groups is 3. The summed E-state index contributed by atoms with van der Waals surface area (Å²) in [5.74, 6) is -1.82. The smallest absolute Gasteiger partial charge is 0.353 e. The van der Waals surface area contributed by atoms with E-state index >= 15 is 0 Å². The molecule has 2 fully saturated rings. The van der Waals surface area contributed by atoms with Gasteiger partial charge in [0.25, 0.3) is 0 Å². The zero-order chi connectivity index (χ0) is 39.9. The van der Waals surface area contributed by atoms with Crippen LogP contribution in [0.2, 0.25) is 19.6 Å². The highest BCUT2D eigenvalue weighted by Crippen LogP contribution is 2.51. The predicted octanol–water partition coefficient (Wildman–Crippen LogP) is 5.97. The van der Waals surface area contributed by atoms with Crippen molar-refractivity contribution >= 4 is 54.2 Å². The zero-order valence-corrected chi connectivity index (χ0v) is 34.7. The number of carboxylic acids is 1. The van der Waals surface area contributed by atoms with E-state index in [0.29, 0.717) is 24.3 Å². The number of amides is 1. The van der Waals surface area contributed by atoms with Gasteiger partial charge in [0.2, 0.25) is 5.91 Å². The molecule has 2 aliphatic heterocycles. The molecule has 0 aromatic heterocycles. The van der Waals surface area contributed by atoms with Gasteiger partial charge in [-0.15, -0.1) is 6.58 Å². The van der Waals surface area contributed by atoms with Crippen molar-refractivity contribution in [2.45, 2.75) is 51.6 Å². The maximum absolute atomic E-state index is 14.8. The van der Waals surface area contributed by atoms with Crippen LogP contribution in [0, 0.1) is 5.92 Å². The first-order chi connectivity index (χ1) is 27.0. The molecule has 4 aromatic rings. The largest absolute Gasteiger partial charge is 0.492 e. The van der Waals surface area contributed by atoms with Crippen molar-refractivity contribution in [3.05, 3.63) is 133 Å². The number of β-lactam (4-membered cyclic amide) rings is 1. The maximum Gasteiger partial charge on any atom is 0.353 e. The molecule has 0 aliphatic carbocycles. The van der Waals surface area contributed by atoms with Crippen LogP contribution in [0.15, 0.2) is 122 Å². The average molecular weight is 793 g/mol. The van der Waals surface area contributed by atoms with E-state index in [1.807, 2.05) is 97.9 Å². The lowest BCUT2D eigenvalue weighted by Gasteiger charge is -2.52. The highest BCUT2D eigenvalue weighted by atomic mass is 31.2. The summed E-state index contributed by atoms with van der Waals surface area (Å²) in [6, 6.07) is 33.4. The number of allylic oxidation sites excluding steroid dienone is 1. The van der Waals surface area contributed by atoms with Crippen LogP contribution in [0.1, 0.15) is 29.3 Å². The van der Waals surface area contributed by atoms with Gasteiger partial charge in [-0.3, -0.25) is 14.5 Å². The summed E-state index contributed by atoms with van der Waals surface area (Å²) in [5, 5.41) is 14.0. The van der Waals surface area contributed by atoms with Crippen LogP contribution in [-0.2, 0) is 25.2 Å². The lowest BCUT2D eigenvalue weighted by Crippen LogP contribution is -2.69. The SMILES string of the molecule is C=CCc1ccccc1P(=C(C(=O)O)N1C(=O)[C@H]([C@@H](C)O[Si](C)(C)C)[C@H]1CC(=O)c1ccc(OCCN2CCOCC2)cc1)(c1ccccc1)c1ccccc1. The van der Waals surface area contributed by atoms with Crippen molar-refractivity contribution in [1.29, 1.82) is 0 Å². The third-order valence-electron chi connectivity index (χ3n) is 10.4. The fraction of sp³-hybridized carbons (Fsp3) is 0.333. The Kier molecular flexibility index (Phi) is 13.3. The molecule has 0 bridgehead atoms. The monoisotopic (exact) mass is 792 g/mol. The Morgan fingerprint density at radius 3 is 2.07 bits per heavy atom. The van der Waals surface area contributed by atoms with Gasteiger partial charge in [0.05, 0.1) is 31.3 Å². The number of nitrogens with zero attached hydrogens (tertiary/aromatic N) is 2. The van der Waals surface area contributed by atoms with E-state index in [4.69, 9.17) is 13.9 Å². The third-order valence-corrected chi connectivity index (χ3v) is 15.8. The minimum Gasteiger partial charge on any atom is -0.492 e. The van der Waals surface area contributed by atoms with Gasteiger partial charge in [-0.1, -0.05) is 91.0 Å². The highest BCUT2D eigenvalue weighted by Gasteiger charge is 2.56. The van der Waals surface area contributed by atoms with E-state index in [1.165, 1.54) is 4.90 Å². The molecule has 1 N–H and O–H groups in total. The number of carbonyl (C=O) groups excluding carboxylic acids is 2. The third kappa shape index (κ3) is 8.85. The molecule has 2 saturated heterocycles. The number of Topliss-reactive ketones (excluding diaryl/α,β-unsaturated/α-hetero) is 1. The molecule has 56 heavy (non-hydrogen) atoms. The summed E-state index contributed by atoms with van der Waals surface area (Å²) in [6.07, 6.45) is 1.69. The second-order valence-corrected chi connectivity index (χ2v) is 23.0. The summed E-state index contributed by atoms with van der Waals surface area (Å²) in [5.41, 5.74) is 1.36. The number of hydrogen-bond acceptors (Lipinski definition) is 7. The van der Waals surface area contributed by atoms with Crippen LogP contribution in [0.5, 0.6) is 5.75 Å². The number of rotatable bonds is 17. The summed E-state index contributed by atoms with van der Waals surface area (Å²) in [6.45, 7) is 13.2. The van der Waals surface area contributed by atoms with Gasteiger partial charge >= 0.3 is 5.97 Å². The minimum atomic E-state index is -3.32. The summed E-state index contributed by atoms with van der Waals surface area (Å²) >= 11 is 0. The fourth-order valence-corrected chi connectivity index (χ4v) is 13.9. The number of ether oxygens (including phenoxy) is 2. The van der Waals surface area contributed by atoms with Crippen LogP contribution >= 0.6 is 6.89 Å². The Labute approximate surface area is 332 Å². The molecule has 6 rings (SSSR count). The van der Waals surface area contributed by atoms with E-state index in [0.717, 1.165) is 54.3 Å². The Balaban J connectivity index is 1.47. The molecule has 9 nitrogen and oxygen atoms in total. The van der Waals surface area contributed by atoms with E-state index in [2.05, 4.69) is 31.1 Å². The molecule has 2 aliphatic rings. The van der Waals surface area contributed by atoms with E-state index in [9.17, 15) is 19.5 Å². The lowest BCUT2D eigenvalue weighted by molar-refractivity contribution is -0.155. The molecular formula is C45H53N2O7PSi. The number of morpholine rings is 1. The molecule has 2 heterocycles. The van der Waals surface area contributed by atoms with E-state index in [1.54, 1.807) is 24.3 Å². The molecular weight excluding hydrogens is 740 g/mol. The Bertz CT molecular complexity index is 2020. The lowest BCUT2D eigenvalue weighted by atomic mass is 9.79. The van der Waals surface area contributed by atoms with Gasteiger partial charge in [-0.25, -0.2) is 4.79 Å². The second kappa shape index (κ2) is 18.1. The van der Waals surface area contributed by atoms with Gasteiger partial charge in [0, 0.05) is 38.5 Å². The number of benzene rings is 4. The molecule has 1 amide bonds. The van der Waals surface area contributed by atoms with Gasteiger partial charge in [0.15, 0.2) is 14.1 Å². The Hall–Kier alpha value is -4.57. The summed E-state index contributed by atoms with van der Waals surface area (Å²) in [4.78, 5) is 47.0. The molecule has 4 aromatic carbocycles. The van der Waals surface area contributed by atoms with Gasteiger partial charge in [-0.2, -0.15) is 0 Å². The molecule has 0 radical (unpaired) electrons. The van der Waals surface area contributed by atoms with Gasteiger partial charge in [-0.05, 0) is 78.7 Å². The van der Waals surface area contributed by atoms with Crippen molar-refractivity contribution in [1.82, 2.24) is 9.80 Å². The molecule has 11 heteroatoms. The number of hydrogen-bond donors (Lipinski definition) is 1. The topological polar surface area (TPSA) is 106 Å². The minimum absolute atomic E-state index is 0.0188. The first-order valence-electron chi connectivity index (χ1n) is 19.3. The molecule has 0 unspecified atom stereocenters.